The van der Waals surface area contributed by atoms with Crippen molar-refractivity contribution >= 4 is 17.2 Å². The third-order valence-electron chi connectivity index (χ3n) is 1.61. The SMILES string of the molecule is O=[S+]c1ccc2ccccn12. The van der Waals surface area contributed by atoms with Gasteiger partial charge in [0.2, 0.25) is 0 Å². The molecule has 0 aliphatic carbocycles. The largest absolute Gasteiger partial charge is 0.525 e. The number of pyridine rings is 1. The molecule has 54 valence electrons. The average molecular weight is 164 g/mol. The summed E-state index contributed by atoms with van der Waals surface area (Å²) in [6.45, 7) is 0. The summed E-state index contributed by atoms with van der Waals surface area (Å²) in [6.07, 6.45) is 1.88. The van der Waals surface area contributed by atoms with E-state index < -0.39 is 0 Å². The lowest BCUT2D eigenvalue weighted by Crippen LogP contribution is -1.84. The van der Waals surface area contributed by atoms with Gasteiger partial charge in [0.15, 0.2) is 0 Å². The van der Waals surface area contributed by atoms with Gasteiger partial charge in [-0.2, -0.15) is 0 Å². The Hall–Kier alpha value is -1.22. The summed E-state index contributed by atoms with van der Waals surface area (Å²) < 4.78 is 12.4. The lowest BCUT2D eigenvalue weighted by Gasteiger charge is -1.87. The number of aromatic nitrogens is 1. The van der Waals surface area contributed by atoms with Gasteiger partial charge in [0, 0.05) is 16.5 Å². The van der Waals surface area contributed by atoms with E-state index in [0.29, 0.717) is 11.7 Å². The molecule has 0 bridgehead atoms. The molecule has 2 aromatic rings. The van der Waals surface area contributed by atoms with E-state index in [2.05, 4.69) is 0 Å². The third-order valence-corrected chi connectivity index (χ3v) is 2.11. The summed E-state index contributed by atoms with van der Waals surface area (Å²) in [4.78, 5) is 0. The van der Waals surface area contributed by atoms with Gasteiger partial charge in [-0.1, -0.05) is 6.07 Å². The predicted molar refractivity (Wildman–Crippen MR) is 43.7 cm³/mol. The summed E-state index contributed by atoms with van der Waals surface area (Å²) in [6, 6.07) is 9.59. The van der Waals surface area contributed by atoms with E-state index in [4.69, 9.17) is 0 Å². The molecule has 0 radical (unpaired) electrons. The quantitative estimate of drug-likeness (QED) is 0.588. The molecule has 0 aliphatic heterocycles. The highest BCUT2D eigenvalue weighted by Crippen LogP contribution is 2.08. The maximum Gasteiger partial charge on any atom is 0.525 e. The van der Waals surface area contributed by atoms with E-state index >= 15 is 0 Å². The van der Waals surface area contributed by atoms with Crippen LogP contribution in [0.1, 0.15) is 0 Å². The van der Waals surface area contributed by atoms with Gasteiger partial charge >= 0.3 is 16.7 Å². The van der Waals surface area contributed by atoms with Gasteiger partial charge in [-0.15, -0.1) is 0 Å². The molecular formula is C8H6NOS+. The van der Waals surface area contributed by atoms with Gasteiger partial charge < -0.3 is 0 Å². The summed E-state index contributed by atoms with van der Waals surface area (Å²) >= 11 is 0.518. The molecule has 0 fully saturated rings. The number of rotatable bonds is 1. The van der Waals surface area contributed by atoms with E-state index in [0.717, 1.165) is 10.5 Å². The fourth-order valence-corrected chi connectivity index (χ4v) is 1.47. The van der Waals surface area contributed by atoms with E-state index in [1.807, 2.05) is 40.9 Å². The molecule has 11 heavy (non-hydrogen) atoms. The van der Waals surface area contributed by atoms with Crippen molar-refractivity contribution in [2.24, 2.45) is 0 Å². The van der Waals surface area contributed by atoms with Gasteiger partial charge in [-0.25, -0.2) is 0 Å². The highest BCUT2D eigenvalue weighted by atomic mass is 32.1. The highest BCUT2D eigenvalue weighted by molar-refractivity contribution is 7.65. The van der Waals surface area contributed by atoms with E-state index in [1.54, 1.807) is 0 Å². The predicted octanol–water partition coefficient (Wildman–Crippen LogP) is 1.73. The molecule has 0 spiro atoms. The average Bonchev–Trinajstić information content (AvgIpc) is 2.47. The molecule has 0 unspecified atom stereocenters. The molecule has 0 amide bonds. The molecule has 0 saturated carbocycles. The fourth-order valence-electron chi connectivity index (χ4n) is 1.10. The number of fused-ring (bicyclic) bond motifs is 1. The van der Waals surface area contributed by atoms with Gasteiger partial charge in [0.1, 0.15) is 0 Å². The lowest BCUT2D eigenvalue weighted by atomic mass is 10.4. The van der Waals surface area contributed by atoms with Crippen LogP contribution < -0.4 is 0 Å². The van der Waals surface area contributed by atoms with E-state index in [-0.39, 0.29) is 0 Å². The summed E-state index contributed by atoms with van der Waals surface area (Å²) in [5, 5.41) is 0.737. The molecular weight excluding hydrogens is 158 g/mol. The molecule has 2 nitrogen and oxygen atoms in total. The first kappa shape index (κ1) is 6.49. The van der Waals surface area contributed by atoms with Gasteiger partial charge in [-0.3, -0.25) is 4.40 Å². The maximum absolute atomic E-state index is 10.5. The summed E-state index contributed by atoms with van der Waals surface area (Å²) in [7, 11) is 0. The maximum atomic E-state index is 10.5. The van der Waals surface area contributed by atoms with Crippen molar-refractivity contribution < 1.29 is 4.21 Å². The van der Waals surface area contributed by atoms with Crippen LogP contribution in [0, 0.1) is 0 Å². The van der Waals surface area contributed by atoms with Crippen LogP contribution in [0.4, 0.5) is 0 Å². The summed E-state index contributed by atoms with van der Waals surface area (Å²) in [5.74, 6) is 0. The minimum Gasteiger partial charge on any atom is -0.266 e. The second kappa shape index (κ2) is 2.43. The number of hydrogen-bond donors (Lipinski definition) is 0. The van der Waals surface area contributed by atoms with Crippen LogP contribution in [0.2, 0.25) is 0 Å². The molecule has 3 heteroatoms. The Balaban J connectivity index is 2.86. The second-order valence-electron chi connectivity index (χ2n) is 2.25. The molecule has 0 atom stereocenters. The molecule has 2 rings (SSSR count). The molecule has 0 N–H and O–H groups in total. The first-order valence-corrected chi connectivity index (χ1v) is 4.02. The number of hydrogen-bond acceptors (Lipinski definition) is 1. The van der Waals surface area contributed by atoms with Crippen molar-refractivity contribution in [3.63, 3.8) is 0 Å². The van der Waals surface area contributed by atoms with Crippen LogP contribution in [0.25, 0.3) is 5.52 Å². The minimum atomic E-state index is 0.518. The minimum absolute atomic E-state index is 0.518. The van der Waals surface area contributed by atoms with Crippen LogP contribution in [0.3, 0.4) is 0 Å². The molecule has 0 aliphatic rings. The Kier molecular flexibility index (Phi) is 1.43. The Morgan fingerprint density at radius 3 is 2.91 bits per heavy atom. The normalized spacial score (nSPS) is 10.2. The molecule has 0 saturated heterocycles. The van der Waals surface area contributed by atoms with Gasteiger partial charge in [0.05, 0.1) is 5.52 Å². The molecule has 2 aromatic heterocycles. The van der Waals surface area contributed by atoms with Crippen LogP contribution in [-0.4, -0.2) is 4.40 Å². The van der Waals surface area contributed by atoms with E-state index in [1.165, 1.54) is 0 Å². The van der Waals surface area contributed by atoms with Gasteiger partial charge in [-0.05, 0) is 18.2 Å². The van der Waals surface area contributed by atoms with Crippen molar-refractivity contribution in [2.45, 2.75) is 5.03 Å². The molecule has 2 heterocycles. The standard InChI is InChI=1S/C8H6NOS/c10-11-8-5-4-7-3-1-2-6-9(7)8/h1-6H/q+1. The summed E-state index contributed by atoms with van der Waals surface area (Å²) in [5.41, 5.74) is 1.06. The zero-order valence-corrected chi connectivity index (χ0v) is 6.54. The molecule has 0 aromatic carbocycles. The lowest BCUT2D eigenvalue weighted by molar-refractivity contribution is 0.603. The Labute approximate surface area is 68.0 Å². The van der Waals surface area contributed by atoms with Crippen LogP contribution in [0.5, 0.6) is 0 Å². The topological polar surface area (TPSA) is 21.5 Å². The fraction of sp³-hybridized carbons (Fsp3) is 0. The first-order valence-electron chi connectivity index (χ1n) is 3.28. The zero-order valence-electron chi connectivity index (χ0n) is 5.73. The van der Waals surface area contributed by atoms with E-state index in [9.17, 15) is 4.21 Å². The van der Waals surface area contributed by atoms with Crippen LogP contribution in [-0.2, 0) is 15.9 Å². The van der Waals surface area contributed by atoms with Crippen LogP contribution in [0.15, 0.2) is 41.6 Å². The Morgan fingerprint density at radius 1 is 1.18 bits per heavy atom. The smallest absolute Gasteiger partial charge is 0.266 e. The van der Waals surface area contributed by atoms with Crippen molar-refractivity contribution in [3.05, 3.63) is 36.5 Å². The monoisotopic (exact) mass is 164 g/mol. The third kappa shape index (κ3) is 0.935. The Morgan fingerprint density at radius 2 is 2.09 bits per heavy atom. The van der Waals surface area contributed by atoms with Crippen LogP contribution >= 0.6 is 0 Å². The zero-order chi connectivity index (χ0) is 7.68. The first-order chi connectivity index (χ1) is 5.42. The van der Waals surface area contributed by atoms with Crippen molar-refractivity contribution in [3.8, 4) is 0 Å². The van der Waals surface area contributed by atoms with Gasteiger partial charge in [0.25, 0.3) is 0 Å². The Bertz CT molecular complexity index is 394. The van der Waals surface area contributed by atoms with Crippen molar-refractivity contribution in [2.75, 3.05) is 0 Å². The number of nitrogens with zero attached hydrogens (tertiary/aromatic N) is 1. The second-order valence-corrected chi connectivity index (χ2v) is 2.84. The van der Waals surface area contributed by atoms with Crippen molar-refractivity contribution in [1.29, 1.82) is 0 Å². The van der Waals surface area contributed by atoms with Crippen molar-refractivity contribution in [1.82, 2.24) is 4.40 Å². The highest BCUT2D eigenvalue weighted by Gasteiger charge is 2.10.